The Morgan fingerprint density at radius 1 is 1.38 bits per heavy atom. The highest BCUT2D eigenvalue weighted by molar-refractivity contribution is 7.16. The van der Waals surface area contributed by atoms with Crippen molar-refractivity contribution in [1.82, 2.24) is 4.98 Å². The molecular formula is C14H15ClFN3OS. The number of nitrogens with zero attached hydrogens (tertiary/aromatic N) is 1. The molecule has 0 unspecified atom stereocenters. The van der Waals surface area contributed by atoms with Gasteiger partial charge < -0.3 is 11.1 Å². The lowest BCUT2D eigenvalue weighted by Crippen LogP contribution is -2.37. The minimum Gasteiger partial charge on any atom is -0.317 e. The number of carbonyl (C=O) groups is 1. The number of anilines is 1. The number of nitrogens with one attached hydrogen (secondary N) is 1. The van der Waals surface area contributed by atoms with Crippen molar-refractivity contribution in [1.29, 1.82) is 0 Å². The van der Waals surface area contributed by atoms with Crippen LogP contribution in [0.1, 0.15) is 17.7 Å². The smallest absolute Gasteiger partial charge is 0.246 e. The molecule has 0 spiro atoms. The summed E-state index contributed by atoms with van der Waals surface area (Å²) >= 11 is 1.39. The third-order valence-corrected chi connectivity index (χ3v) is 4.26. The Kier molecular flexibility index (Phi) is 4.32. The van der Waals surface area contributed by atoms with E-state index in [1.54, 1.807) is 12.1 Å². The van der Waals surface area contributed by atoms with Crippen molar-refractivity contribution in [3.8, 4) is 11.3 Å². The topological polar surface area (TPSA) is 68.0 Å². The molecule has 1 amide bonds. The van der Waals surface area contributed by atoms with E-state index in [2.05, 4.69) is 10.3 Å². The van der Waals surface area contributed by atoms with Gasteiger partial charge in [-0.2, -0.15) is 0 Å². The van der Waals surface area contributed by atoms with Gasteiger partial charge >= 0.3 is 0 Å². The molecule has 7 heteroatoms. The van der Waals surface area contributed by atoms with Crippen molar-refractivity contribution < 1.29 is 9.18 Å². The van der Waals surface area contributed by atoms with Crippen molar-refractivity contribution in [3.05, 3.63) is 35.0 Å². The summed E-state index contributed by atoms with van der Waals surface area (Å²) in [4.78, 5) is 17.2. The van der Waals surface area contributed by atoms with Gasteiger partial charge in [0.2, 0.25) is 5.91 Å². The van der Waals surface area contributed by atoms with Crippen LogP contribution in [0.3, 0.4) is 0 Å². The number of aromatic nitrogens is 1. The molecule has 1 fully saturated rings. The number of rotatable bonds is 3. The summed E-state index contributed by atoms with van der Waals surface area (Å²) in [5.41, 5.74) is 6.71. The van der Waals surface area contributed by atoms with Gasteiger partial charge in [0.25, 0.3) is 0 Å². The molecule has 1 aromatic heterocycles. The van der Waals surface area contributed by atoms with E-state index in [9.17, 15) is 9.18 Å². The average molecular weight is 328 g/mol. The number of amides is 1. The van der Waals surface area contributed by atoms with Crippen LogP contribution in [-0.4, -0.2) is 16.4 Å². The van der Waals surface area contributed by atoms with Crippen LogP contribution in [0.15, 0.2) is 24.3 Å². The highest BCUT2D eigenvalue weighted by atomic mass is 35.5. The Labute approximate surface area is 132 Å². The Balaban J connectivity index is 0.00000161. The molecule has 0 radical (unpaired) electrons. The van der Waals surface area contributed by atoms with Crippen LogP contribution in [0, 0.1) is 12.7 Å². The maximum absolute atomic E-state index is 12.9. The van der Waals surface area contributed by atoms with Crippen molar-refractivity contribution >= 4 is 34.8 Å². The van der Waals surface area contributed by atoms with Gasteiger partial charge in [-0.15, -0.1) is 23.7 Å². The van der Waals surface area contributed by atoms with E-state index in [4.69, 9.17) is 5.73 Å². The van der Waals surface area contributed by atoms with Gasteiger partial charge in [0, 0.05) is 10.4 Å². The van der Waals surface area contributed by atoms with Gasteiger partial charge in [0.05, 0.1) is 11.2 Å². The molecule has 112 valence electrons. The molecule has 1 saturated carbocycles. The summed E-state index contributed by atoms with van der Waals surface area (Å²) in [5, 5.41) is 3.29. The number of nitrogens with two attached hydrogens (primary N) is 1. The van der Waals surface area contributed by atoms with Crippen LogP contribution in [0.25, 0.3) is 11.3 Å². The number of hydrogen-bond donors (Lipinski definition) is 2. The summed E-state index contributed by atoms with van der Waals surface area (Å²) < 4.78 is 12.9. The molecule has 1 aliphatic rings. The number of aryl methyl sites for hydroxylation is 1. The zero-order chi connectivity index (χ0) is 14.3. The zero-order valence-corrected chi connectivity index (χ0v) is 13.0. The fraction of sp³-hybridized carbons (Fsp3) is 0.286. The van der Waals surface area contributed by atoms with Crippen LogP contribution in [-0.2, 0) is 4.79 Å². The van der Waals surface area contributed by atoms with Crippen LogP contribution < -0.4 is 11.1 Å². The van der Waals surface area contributed by atoms with Gasteiger partial charge in [-0.3, -0.25) is 4.79 Å². The van der Waals surface area contributed by atoms with Crippen LogP contribution in [0.4, 0.5) is 9.52 Å². The van der Waals surface area contributed by atoms with E-state index in [-0.39, 0.29) is 24.1 Å². The predicted octanol–water partition coefficient (Wildman–Crippen LogP) is 3.11. The van der Waals surface area contributed by atoms with Crippen molar-refractivity contribution in [3.63, 3.8) is 0 Å². The van der Waals surface area contributed by atoms with Crippen LogP contribution in [0.2, 0.25) is 0 Å². The molecule has 4 nitrogen and oxygen atoms in total. The Hall–Kier alpha value is -1.50. The summed E-state index contributed by atoms with van der Waals surface area (Å²) in [6.45, 7) is 1.92. The number of hydrogen-bond acceptors (Lipinski definition) is 4. The molecule has 1 aliphatic carbocycles. The van der Waals surface area contributed by atoms with Crippen LogP contribution in [0.5, 0.6) is 0 Å². The van der Waals surface area contributed by atoms with E-state index in [0.29, 0.717) is 18.0 Å². The summed E-state index contributed by atoms with van der Waals surface area (Å²) in [6.07, 6.45) is 1.43. The molecule has 21 heavy (non-hydrogen) atoms. The second-order valence-electron chi connectivity index (χ2n) is 5.04. The number of benzene rings is 1. The predicted molar refractivity (Wildman–Crippen MR) is 84.3 cm³/mol. The normalized spacial score (nSPS) is 15.2. The molecule has 3 N–H and O–H groups in total. The van der Waals surface area contributed by atoms with E-state index in [0.717, 1.165) is 16.1 Å². The van der Waals surface area contributed by atoms with E-state index in [1.165, 1.54) is 23.5 Å². The summed E-state index contributed by atoms with van der Waals surface area (Å²) in [6, 6.07) is 6.14. The van der Waals surface area contributed by atoms with Gasteiger partial charge in [0.15, 0.2) is 5.13 Å². The van der Waals surface area contributed by atoms with E-state index in [1.807, 2.05) is 6.92 Å². The lowest BCUT2D eigenvalue weighted by molar-refractivity contribution is -0.118. The number of carbonyl (C=O) groups excluding carboxylic acids is 1. The minimum atomic E-state index is -0.713. The molecule has 1 aromatic carbocycles. The van der Waals surface area contributed by atoms with E-state index < -0.39 is 5.54 Å². The van der Waals surface area contributed by atoms with Crippen LogP contribution >= 0.6 is 23.7 Å². The van der Waals surface area contributed by atoms with Gasteiger partial charge in [-0.25, -0.2) is 9.37 Å². The van der Waals surface area contributed by atoms with E-state index >= 15 is 0 Å². The van der Waals surface area contributed by atoms with Crippen molar-refractivity contribution in [2.45, 2.75) is 25.3 Å². The molecule has 2 aromatic rings. The Morgan fingerprint density at radius 2 is 2.00 bits per heavy atom. The Bertz CT molecular complexity index is 667. The maximum atomic E-state index is 12.9. The Morgan fingerprint density at radius 3 is 2.57 bits per heavy atom. The standard InChI is InChI=1S/C14H14FN3OS.ClH/c1-8-11(9-2-4-10(15)5-3-9)17-13(20-8)18-12(19)14(16)6-7-14;/h2-5H,6-7,16H2,1H3,(H,17,18,19);1H. The average Bonchev–Trinajstić information content (AvgIpc) is 3.06. The first kappa shape index (κ1) is 15.9. The largest absolute Gasteiger partial charge is 0.317 e. The van der Waals surface area contributed by atoms with Crippen molar-refractivity contribution in [2.24, 2.45) is 5.73 Å². The lowest BCUT2D eigenvalue weighted by Gasteiger charge is -2.06. The molecule has 0 aliphatic heterocycles. The molecule has 1 heterocycles. The zero-order valence-electron chi connectivity index (χ0n) is 11.4. The molecule has 0 saturated heterocycles. The number of thiazole rings is 1. The first-order valence-corrected chi connectivity index (χ1v) is 7.13. The first-order chi connectivity index (χ1) is 9.48. The highest BCUT2D eigenvalue weighted by Crippen LogP contribution is 2.35. The highest BCUT2D eigenvalue weighted by Gasteiger charge is 2.46. The fourth-order valence-corrected chi connectivity index (χ4v) is 2.74. The van der Waals surface area contributed by atoms with Gasteiger partial charge in [0.1, 0.15) is 5.82 Å². The third kappa shape index (κ3) is 3.23. The molecule has 3 rings (SSSR count). The lowest BCUT2D eigenvalue weighted by atomic mass is 10.1. The first-order valence-electron chi connectivity index (χ1n) is 6.32. The number of halogens is 2. The second-order valence-corrected chi connectivity index (χ2v) is 6.24. The summed E-state index contributed by atoms with van der Waals surface area (Å²) in [7, 11) is 0. The van der Waals surface area contributed by atoms with Gasteiger partial charge in [-0.1, -0.05) is 0 Å². The molecular weight excluding hydrogens is 313 g/mol. The quantitative estimate of drug-likeness (QED) is 0.910. The fourth-order valence-electron chi connectivity index (χ4n) is 1.91. The molecule has 0 atom stereocenters. The van der Waals surface area contributed by atoms with Crippen molar-refractivity contribution in [2.75, 3.05) is 5.32 Å². The van der Waals surface area contributed by atoms with Gasteiger partial charge in [-0.05, 0) is 44.0 Å². The maximum Gasteiger partial charge on any atom is 0.246 e. The SMILES string of the molecule is Cc1sc(NC(=O)C2(N)CC2)nc1-c1ccc(F)cc1.Cl. The summed E-state index contributed by atoms with van der Waals surface area (Å²) in [5.74, 6) is -0.467. The minimum absolute atomic E-state index is 0. The monoisotopic (exact) mass is 327 g/mol. The molecule has 0 bridgehead atoms. The third-order valence-electron chi connectivity index (χ3n) is 3.38. The second kappa shape index (κ2) is 5.71.